The van der Waals surface area contributed by atoms with Crippen LogP contribution in [0.5, 0.6) is 0 Å². The van der Waals surface area contributed by atoms with Crippen molar-refractivity contribution in [2.75, 3.05) is 13.6 Å². The number of nitrogens with zero attached hydrogens (tertiary/aromatic N) is 1. The first-order valence-electron chi connectivity index (χ1n) is 2.58. The predicted molar refractivity (Wildman–Crippen MR) is 40.1 cm³/mol. The van der Waals surface area contributed by atoms with Crippen molar-refractivity contribution < 1.29 is 4.79 Å². The molecule has 1 amide bonds. The Hall–Kier alpha value is 0.200. The predicted octanol–water partition coefficient (Wildman–Crippen LogP) is 0.652. The molecule has 0 aliphatic carbocycles. The minimum atomic E-state index is 0.282. The van der Waals surface area contributed by atoms with Crippen LogP contribution in [0.3, 0.4) is 0 Å². The van der Waals surface area contributed by atoms with Gasteiger partial charge in [-0.3, -0.25) is 4.79 Å². The van der Waals surface area contributed by atoms with Crippen LogP contribution in [0, 0.1) is 0 Å². The van der Waals surface area contributed by atoms with Gasteiger partial charge in [-0.15, -0.1) is 0 Å². The molecule has 1 heterocycles. The third-order valence-corrected chi connectivity index (χ3v) is 2.13. The van der Waals surface area contributed by atoms with Crippen molar-refractivity contribution in [2.45, 2.75) is 10.3 Å². The highest BCUT2D eigenvalue weighted by molar-refractivity contribution is 14.1. The van der Waals surface area contributed by atoms with Crippen LogP contribution in [-0.2, 0) is 4.79 Å². The fourth-order valence-corrected chi connectivity index (χ4v) is 1.78. The highest BCUT2D eigenvalue weighted by Gasteiger charge is 2.23. The average molecular weight is 225 g/mol. The second-order valence-corrected chi connectivity index (χ2v) is 3.84. The number of hydrogen-bond acceptors (Lipinski definition) is 1. The Bertz CT molecular complexity index is 115. The molecular formula is C5H8INO. The van der Waals surface area contributed by atoms with Gasteiger partial charge < -0.3 is 4.90 Å². The number of likely N-dealkylation sites (tertiary alicyclic amines) is 1. The quantitative estimate of drug-likeness (QED) is 0.438. The Morgan fingerprint density at radius 1 is 1.88 bits per heavy atom. The zero-order valence-corrected chi connectivity index (χ0v) is 6.88. The lowest BCUT2D eigenvalue weighted by Gasteiger charge is -2.04. The molecule has 46 valence electrons. The van der Waals surface area contributed by atoms with Crippen LogP contribution in [0.25, 0.3) is 0 Å². The highest BCUT2D eigenvalue weighted by Crippen LogP contribution is 2.15. The van der Waals surface area contributed by atoms with Gasteiger partial charge in [-0.2, -0.15) is 0 Å². The van der Waals surface area contributed by atoms with E-state index < -0.39 is 0 Å². The lowest BCUT2D eigenvalue weighted by molar-refractivity contribution is -0.126. The van der Waals surface area contributed by atoms with E-state index in [9.17, 15) is 4.79 Å². The molecule has 1 aliphatic rings. The van der Waals surface area contributed by atoms with Crippen LogP contribution in [0.15, 0.2) is 0 Å². The van der Waals surface area contributed by atoms with Crippen molar-refractivity contribution in [3.05, 3.63) is 0 Å². The topological polar surface area (TPSA) is 20.3 Å². The van der Waals surface area contributed by atoms with Crippen LogP contribution in [0.4, 0.5) is 0 Å². The van der Waals surface area contributed by atoms with Gasteiger partial charge in [-0.25, -0.2) is 0 Å². The van der Waals surface area contributed by atoms with E-state index in [4.69, 9.17) is 0 Å². The fraction of sp³-hybridized carbons (Fsp3) is 0.800. The summed E-state index contributed by atoms with van der Waals surface area (Å²) in [6.45, 7) is 0.930. The zero-order valence-electron chi connectivity index (χ0n) is 4.72. The van der Waals surface area contributed by atoms with Crippen molar-refractivity contribution in [1.29, 1.82) is 0 Å². The summed E-state index contributed by atoms with van der Waals surface area (Å²) in [6, 6.07) is 0. The van der Waals surface area contributed by atoms with Crippen LogP contribution < -0.4 is 0 Å². The Kier molecular flexibility index (Phi) is 1.74. The molecule has 1 fully saturated rings. The van der Waals surface area contributed by atoms with Gasteiger partial charge in [-0.1, -0.05) is 22.6 Å². The molecule has 0 N–H and O–H groups in total. The van der Waals surface area contributed by atoms with E-state index in [1.165, 1.54) is 0 Å². The molecule has 8 heavy (non-hydrogen) atoms. The molecule has 1 aliphatic heterocycles. The summed E-state index contributed by atoms with van der Waals surface area (Å²) in [5.41, 5.74) is 0. The Labute approximate surface area is 62.4 Å². The largest absolute Gasteiger partial charge is 0.345 e. The van der Waals surface area contributed by atoms with Gasteiger partial charge in [0.25, 0.3) is 0 Å². The number of amides is 1. The average Bonchev–Trinajstić information content (AvgIpc) is 1.85. The number of alkyl halides is 1. The fourth-order valence-electron chi connectivity index (χ4n) is 0.809. The number of rotatable bonds is 0. The highest BCUT2D eigenvalue weighted by atomic mass is 127. The van der Waals surface area contributed by atoms with Crippen molar-refractivity contribution >= 4 is 28.5 Å². The molecule has 1 atom stereocenters. The number of hydrogen-bond donors (Lipinski definition) is 0. The first kappa shape index (κ1) is 6.32. The number of carbonyl (C=O) groups is 1. The summed E-state index contributed by atoms with van der Waals surface area (Å²) in [5.74, 6) is 0.282. The number of halogens is 1. The van der Waals surface area contributed by atoms with Crippen molar-refractivity contribution in [2.24, 2.45) is 0 Å². The second kappa shape index (κ2) is 2.21. The van der Waals surface area contributed by atoms with Crippen molar-refractivity contribution in [3.63, 3.8) is 0 Å². The maximum absolute atomic E-state index is 10.7. The molecule has 0 aromatic heterocycles. The van der Waals surface area contributed by atoms with Crippen LogP contribution in [0.1, 0.15) is 6.42 Å². The normalized spacial score (nSPS) is 29.5. The molecule has 0 saturated carbocycles. The Morgan fingerprint density at radius 2 is 2.50 bits per heavy atom. The van der Waals surface area contributed by atoms with Gasteiger partial charge in [0.15, 0.2) is 0 Å². The molecule has 0 bridgehead atoms. The van der Waals surface area contributed by atoms with E-state index in [-0.39, 0.29) is 5.91 Å². The molecule has 2 nitrogen and oxygen atoms in total. The van der Waals surface area contributed by atoms with E-state index in [0.717, 1.165) is 13.0 Å². The molecule has 0 radical (unpaired) electrons. The number of carbonyl (C=O) groups excluding carboxylic acids is 1. The maximum atomic E-state index is 10.7. The third-order valence-electron chi connectivity index (χ3n) is 1.29. The first-order chi connectivity index (χ1) is 3.70. The summed E-state index contributed by atoms with van der Waals surface area (Å²) >= 11 is 2.30. The smallest absolute Gasteiger partial charge is 0.223 e. The lowest BCUT2D eigenvalue weighted by atomic mass is 10.4. The van der Waals surface area contributed by atoms with E-state index >= 15 is 0 Å². The summed E-state index contributed by atoms with van der Waals surface area (Å²) in [4.78, 5) is 12.5. The van der Waals surface area contributed by atoms with E-state index in [2.05, 4.69) is 22.6 Å². The van der Waals surface area contributed by atoms with Crippen LogP contribution >= 0.6 is 22.6 Å². The first-order valence-corrected chi connectivity index (χ1v) is 3.83. The minimum absolute atomic E-state index is 0.282. The second-order valence-electron chi connectivity index (χ2n) is 2.08. The maximum Gasteiger partial charge on any atom is 0.223 e. The summed E-state index contributed by atoms with van der Waals surface area (Å²) < 4.78 is 0.546. The van der Waals surface area contributed by atoms with Gasteiger partial charge in [0.1, 0.15) is 0 Å². The van der Waals surface area contributed by atoms with E-state index in [1.807, 2.05) is 7.05 Å². The zero-order chi connectivity index (χ0) is 6.15. The van der Waals surface area contributed by atoms with E-state index in [0.29, 0.717) is 3.92 Å². The molecule has 0 aromatic rings. The molecule has 0 aromatic carbocycles. The van der Waals surface area contributed by atoms with Crippen molar-refractivity contribution in [3.8, 4) is 0 Å². The molecule has 1 unspecified atom stereocenters. The summed E-state index contributed by atoms with van der Waals surface area (Å²) in [7, 11) is 1.85. The standard InChI is InChI=1S/C5H8INO/c1-7-3-4(6)2-5(7)8/h4H,2-3H2,1H3. The van der Waals surface area contributed by atoms with Gasteiger partial charge in [-0.05, 0) is 0 Å². The molecule has 1 saturated heterocycles. The van der Waals surface area contributed by atoms with Crippen LogP contribution in [-0.4, -0.2) is 28.3 Å². The molecule has 0 spiro atoms. The van der Waals surface area contributed by atoms with Gasteiger partial charge in [0.05, 0.1) is 0 Å². The third kappa shape index (κ3) is 1.13. The summed E-state index contributed by atoms with van der Waals surface area (Å²) in [5, 5.41) is 0. The summed E-state index contributed by atoms with van der Waals surface area (Å²) in [6.07, 6.45) is 0.733. The molecule has 3 heteroatoms. The minimum Gasteiger partial charge on any atom is -0.345 e. The van der Waals surface area contributed by atoms with Gasteiger partial charge in [0, 0.05) is 23.9 Å². The Balaban J connectivity index is 2.51. The lowest BCUT2D eigenvalue weighted by Crippen LogP contribution is -2.18. The van der Waals surface area contributed by atoms with E-state index in [1.54, 1.807) is 4.90 Å². The molecular weight excluding hydrogens is 217 g/mol. The Morgan fingerprint density at radius 3 is 2.62 bits per heavy atom. The van der Waals surface area contributed by atoms with Crippen molar-refractivity contribution in [1.82, 2.24) is 4.90 Å². The molecule has 1 rings (SSSR count). The van der Waals surface area contributed by atoms with Gasteiger partial charge in [0.2, 0.25) is 5.91 Å². The monoisotopic (exact) mass is 225 g/mol. The SMILES string of the molecule is CN1CC(I)CC1=O. The van der Waals surface area contributed by atoms with Crippen LogP contribution in [0.2, 0.25) is 0 Å². The van der Waals surface area contributed by atoms with Gasteiger partial charge >= 0.3 is 0 Å².